The van der Waals surface area contributed by atoms with E-state index in [9.17, 15) is 9.59 Å². The Balaban J connectivity index is 1.59. The number of hydrogen-bond acceptors (Lipinski definition) is 5. The molecule has 1 unspecified atom stereocenters. The van der Waals surface area contributed by atoms with Gasteiger partial charge in [-0.05, 0) is 37.3 Å². The minimum Gasteiger partial charge on any atom is -0.467 e. The molecule has 2 aromatic rings. The lowest BCUT2D eigenvalue weighted by Crippen LogP contribution is -3.14. The lowest BCUT2D eigenvalue weighted by atomic mass is 9.98. The number of likely N-dealkylation sites (tertiary alicyclic amines) is 1. The van der Waals surface area contributed by atoms with Crippen molar-refractivity contribution in [1.82, 2.24) is 10.3 Å². The minimum atomic E-state index is -0.568. The molecule has 0 aliphatic carbocycles. The lowest BCUT2D eigenvalue weighted by Gasteiger charge is -2.29. The molecule has 28 heavy (non-hydrogen) atoms. The second-order valence-electron chi connectivity index (χ2n) is 8.01. The van der Waals surface area contributed by atoms with Crippen LogP contribution in [0.2, 0.25) is 0 Å². The second-order valence-corrected chi connectivity index (χ2v) is 9.07. The summed E-state index contributed by atoms with van der Waals surface area (Å²) in [6.07, 6.45) is 2.78. The van der Waals surface area contributed by atoms with Crippen LogP contribution in [0.3, 0.4) is 0 Å². The van der Waals surface area contributed by atoms with Crippen LogP contribution in [-0.2, 0) is 14.3 Å². The van der Waals surface area contributed by atoms with Crippen molar-refractivity contribution in [3.63, 3.8) is 0 Å². The van der Waals surface area contributed by atoms with Gasteiger partial charge in [0.1, 0.15) is 11.0 Å². The molecule has 3 rings (SSSR count). The van der Waals surface area contributed by atoms with Crippen LogP contribution in [0.15, 0.2) is 24.3 Å². The van der Waals surface area contributed by atoms with Crippen molar-refractivity contribution >= 4 is 33.4 Å². The van der Waals surface area contributed by atoms with Crippen molar-refractivity contribution in [3.05, 3.63) is 29.3 Å². The van der Waals surface area contributed by atoms with E-state index in [0.717, 1.165) is 31.4 Å². The Bertz CT molecular complexity index is 787. The molecule has 2 heterocycles. The van der Waals surface area contributed by atoms with E-state index < -0.39 is 6.04 Å². The number of piperidine rings is 1. The highest BCUT2D eigenvalue weighted by atomic mass is 32.1. The van der Waals surface area contributed by atoms with Crippen molar-refractivity contribution in [2.45, 2.75) is 45.1 Å². The molecule has 1 fully saturated rings. The third-order valence-corrected chi connectivity index (χ3v) is 6.42. The summed E-state index contributed by atoms with van der Waals surface area (Å²) in [6, 6.07) is 7.66. The first-order valence-electron chi connectivity index (χ1n) is 10.0. The number of thiazole rings is 1. The monoisotopic (exact) mass is 404 g/mol. The number of rotatable bonds is 7. The van der Waals surface area contributed by atoms with Gasteiger partial charge >= 0.3 is 5.97 Å². The largest absolute Gasteiger partial charge is 0.467 e. The zero-order valence-electron chi connectivity index (χ0n) is 16.9. The number of quaternary nitrogens is 1. The number of carbonyl (C=O) groups is 2. The van der Waals surface area contributed by atoms with Gasteiger partial charge in [0.15, 0.2) is 6.54 Å². The number of nitrogens with one attached hydrogen (secondary N) is 2. The molecule has 0 spiro atoms. The SMILES string of the molecule is COC(=O)[C@H](CC(C)C)NC(=O)C[NH+]1CCC[C@H](c2nc3ccccc3s2)C1. The minimum absolute atomic E-state index is 0.0870. The van der Waals surface area contributed by atoms with E-state index in [1.807, 2.05) is 26.0 Å². The molecule has 0 bridgehead atoms. The van der Waals surface area contributed by atoms with Crippen molar-refractivity contribution in [1.29, 1.82) is 0 Å². The number of benzene rings is 1. The van der Waals surface area contributed by atoms with Gasteiger partial charge in [-0.15, -0.1) is 11.3 Å². The molecular formula is C21H30N3O3S+. The summed E-state index contributed by atoms with van der Waals surface area (Å²) >= 11 is 1.76. The number of ether oxygens (including phenoxy) is 1. The molecule has 2 N–H and O–H groups in total. The number of esters is 1. The standard InChI is InChI=1S/C21H29N3O3S/c1-14(2)11-17(21(26)27-3)22-19(25)13-24-10-6-7-15(12-24)20-23-16-8-4-5-9-18(16)28-20/h4-5,8-9,14-15,17H,6-7,10-13H2,1-3H3,(H,22,25)/p+1/t15-,17-/m0/s1. The normalized spacial score (nSPS) is 20.9. The van der Waals surface area contributed by atoms with Crippen molar-refractivity contribution in [2.75, 3.05) is 26.7 Å². The fraction of sp³-hybridized carbons (Fsp3) is 0.571. The molecule has 1 amide bonds. The van der Waals surface area contributed by atoms with Crippen LogP contribution in [-0.4, -0.2) is 49.6 Å². The maximum absolute atomic E-state index is 12.6. The van der Waals surface area contributed by atoms with Crippen LogP contribution in [0.4, 0.5) is 0 Å². The molecule has 6 nitrogen and oxygen atoms in total. The van der Waals surface area contributed by atoms with Crippen LogP contribution in [0.5, 0.6) is 0 Å². The first-order chi connectivity index (χ1) is 13.5. The van der Waals surface area contributed by atoms with Gasteiger partial charge in [-0.2, -0.15) is 0 Å². The van der Waals surface area contributed by atoms with Gasteiger partial charge in [-0.1, -0.05) is 26.0 Å². The molecule has 1 aromatic carbocycles. The van der Waals surface area contributed by atoms with E-state index in [-0.39, 0.29) is 11.9 Å². The number of carbonyl (C=O) groups excluding carboxylic acids is 2. The average molecular weight is 405 g/mol. The van der Waals surface area contributed by atoms with E-state index in [1.165, 1.54) is 21.7 Å². The van der Waals surface area contributed by atoms with Gasteiger partial charge in [0.25, 0.3) is 5.91 Å². The Morgan fingerprint density at radius 2 is 2.14 bits per heavy atom. The number of methoxy groups -OCH3 is 1. The summed E-state index contributed by atoms with van der Waals surface area (Å²) < 4.78 is 6.06. The van der Waals surface area contributed by atoms with Gasteiger partial charge in [0.2, 0.25) is 0 Å². The van der Waals surface area contributed by atoms with Gasteiger partial charge in [0, 0.05) is 0 Å². The predicted molar refractivity (Wildman–Crippen MR) is 111 cm³/mol. The third-order valence-electron chi connectivity index (χ3n) is 5.22. The molecule has 0 saturated carbocycles. The Morgan fingerprint density at radius 1 is 1.36 bits per heavy atom. The van der Waals surface area contributed by atoms with Crippen LogP contribution < -0.4 is 10.2 Å². The van der Waals surface area contributed by atoms with Crippen molar-refractivity contribution < 1.29 is 19.2 Å². The number of para-hydroxylation sites is 1. The summed E-state index contributed by atoms with van der Waals surface area (Å²) in [6.45, 7) is 6.32. The van der Waals surface area contributed by atoms with E-state index in [1.54, 1.807) is 11.3 Å². The molecule has 7 heteroatoms. The van der Waals surface area contributed by atoms with Gasteiger partial charge < -0.3 is 15.0 Å². The number of nitrogens with zero attached hydrogens (tertiary/aromatic N) is 1. The maximum atomic E-state index is 12.6. The second kappa shape index (κ2) is 9.47. The third kappa shape index (κ3) is 5.29. The fourth-order valence-corrected chi connectivity index (χ4v) is 4.99. The quantitative estimate of drug-likeness (QED) is 0.690. The van der Waals surface area contributed by atoms with E-state index in [2.05, 4.69) is 17.4 Å². The summed E-state index contributed by atoms with van der Waals surface area (Å²) in [7, 11) is 1.36. The molecule has 1 aromatic heterocycles. The lowest BCUT2D eigenvalue weighted by molar-refractivity contribution is -0.898. The smallest absolute Gasteiger partial charge is 0.328 e. The van der Waals surface area contributed by atoms with E-state index in [4.69, 9.17) is 9.72 Å². The van der Waals surface area contributed by atoms with Gasteiger partial charge in [0.05, 0.1) is 36.3 Å². The summed E-state index contributed by atoms with van der Waals surface area (Å²) in [5, 5.41) is 4.05. The van der Waals surface area contributed by atoms with E-state index >= 15 is 0 Å². The Morgan fingerprint density at radius 3 is 2.86 bits per heavy atom. The zero-order valence-corrected chi connectivity index (χ0v) is 17.7. The average Bonchev–Trinajstić information content (AvgIpc) is 3.11. The van der Waals surface area contributed by atoms with Gasteiger partial charge in [-0.25, -0.2) is 9.78 Å². The van der Waals surface area contributed by atoms with Crippen LogP contribution in [0, 0.1) is 5.92 Å². The zero-order chi connectivity index (χ0) is 20.1. The molecule has 1 aliphatic heterocycles. The molecule has 0 radical (unpaired) electrons. The summed E-state index contributed by atoms with van der Waals surface area (Å²) in [5.41, 5.74) is 1.06. The first kappa shape index (κ1) is 20.7. The molecule has 152 valence electrons. The summed E-state index contributed by atoms with van der Waals surface area (Å²) in [4.78, 5) is 30.6. The maximum Gasteiger partial charge on any atom is 0.328 e. The Kier molecular flexibility index (Phi) is 7.02. The van der Waals surface area contributed by atoms with Crippen molar-refractivity contribution in [2.24, 2.45) is 5.92 Å². The highest BCUT2D eigenvalue weighted by Crippen LogP contribution is 2.30. The van der Waals surface area contributed by atoms with Gasteiger partial charge in [-0.3, -0.25) is 4.79 Å². The van der Waals surface area contributed by atoms with Crippen LogP contribution in [0.25, 0.3) is 10.2 Å². The predicted octanol–water partition coefficient (Wildman–Crippen LogP) is 1.76. The molecular weight excluding hydrogens is 374 g/mol. The fourth-order valence-electron chi connectivity index (χ4n) is 3.89. The number of amides is 1. The molecule has 1 aliphatic rings. The Labute approximate surface area is 170 Å². The Hall–Kier alpha value is -1.99. The highest BCUT2D eigenvalue weighted by molar-refractivity contribution is 7.18. The molecule has 1 saturated heterocycles. The van der Waals surface area contributed by atoms with Crippen LogP contribution in [0.1, 0.15) is 44.0 Å². The number of fused-ring (bicyclic) bond motifs is 1. The number of hydrogen-bond donors (Lipinski definition) is 2. The first-order valence-corrected chi connectivity index (χ1v) is 10.8. The molecule has 3 atom stereocenters. The van der Waals surface area contributed by atoms with Crippen LogP contribution >= 0.6 is 11.3 Å². The topological polar surface area (TPSA) is 72.7 Å². The number of aromatic nitrogens is 1. The highest BCUT2D eigenvalue weighted by Gasteiger charge is 2.30. The van der Waals surface area contributed by atoms with E-state index in [0.29, 0.717) is 24.8 Å². The summed E-state index contributed by atoms with van der Waals surface area (Å²) in [5.74, 6) is 0.232. The van der Waals surface area contributed by atoms with Crippen molar-refractivity contribution in [3.8, 4) is 0 Å².